The molecule has 1 unspecified atom stereocenters. The summed E-state index contributed by atoms with van der Waals surface area (Å²) in [6.07, 6.45) is 0.0525. The van der Waals surface area contributed by atoms with Crippen LogP contribution in [0.1, 0.15) is 6.42 Å². The number of nitrogens with one attached hydrogen (secondary N) is 2. The Hall–Kier alpha value is -1.73. The lowest BCUT2D eigenvalue weighted by Gasteiger charge is -2.23. The topological polar surface area (TPSA) is 59.6 Å². The molecular formula is C13H16F2N2O3. The molecule has 1 aromatic rings. The van der Waals surface area contributed by atoms with Gasteiger partial charge in [-0.25, -0.2) is 0 Å². The van der Waals surface area contributed by atoms with E-state index in [1.54, 1.807) is 6.07 Å². The minimum atomic E-state index is -2.89. The molecule has 110 valence electrons. The summed E-state index contributed by atoms with van der Waals surface area (Å²) in [6.45, 7) is -0.898. The smallest absolute Gasteiger partial charge is 0.387 e. The van der Waals surface area contributed by atoms with Gasteiger partial charge in [-0.3, -0.25) is 4.79 Å². The van der Waals surface area contributed by atoms with Crippen LogP contribution in [-0.2, 0) is 9.53 Å². The second-order valence-corrected chi connectivity index (χ2v) is 4.36. The third-order valence-electron chi connectivity index (χ3n) is 2.76. The van der Waals surface area contributed by atoms with Crippen LogP contribution in [0.15, 0.2) is 24.3 Å². The minimum Gasteiger partial charge on any atom is -0.435 e. The predicted molar refractivity (Wildman–Crippen MR) is 68.9 cm³/mol. The zero-order valence-electron chi connectivity index (χ0n) is 10.8. The maximum absolute atomic E-state index is 12.1. The van der Waals surface area contributed by atoms with Crippen molar-refractivity contribution in [3.8, 4) is 5.75 Å². The molecule has 0 radical (unpaired) electrons. The number of hydrogen-bond donors (Lipinski definition) is 2. The highest BCUT2D eigenvalue weighted by Gasteiger charge is 2.17. The molecule has 2 rings (SSSR count). The Bertz CT molecular complexity index is 451. The van der Waals surface area contributed by atoms with E-state index in [-0.39, 0.29) is 24.2 Å². The van der Waals surface area contributed by atoms with Crippen molar-refractivity contribution in [2.24, 2.45) is 0 Å². The lowest BCUT2D eigenvalue weighted by atomic mass is 10.2. The molecule has 0 saturated carbocycles. The van der Waals surface area contributed by atoms with E-state index < -0.39 is 6.61 Å². The van der Waals surface area contributed by atoms with Crippen molar-refractivity contribution in [3.63, 3.8) is 0 Å². The molecule has 0 aromatic heterocycles. The largest absolute Gasteiger partial charge is 0.435 e. The molecule has 1 aliphatic heterocycles. The Kier molecular flexibility index (Phi) is 5.25. The highest BCUT2D eigenvalue weighted by atomic mass is 19.3. The van der Waals surface area contributed by atoms with Crippen molar-refractivity contribution < 1.29 is 23.0 Å². The number of rotatable bonds is 5. The number of amides is 1. The number of ether oxygens (including phenoxy) is 2. The van der Waals surface area contributed by atoms with E-state index in [1.165, 1.54) is 18.2 Å². The number of carbonyl (C=O) groups excluding carboxylic acids is 1. The number of carbonyl (C=O) groups is 1. The Balaban J connectivity index is 1.86. The molecule has 0 bridgehead atoms. The van der Waals surface area contributed by atoms with E-state index in [2.05, 4.69) is 15.4 Å². The van der Waals surface area contributed by atoms with Crippen LogP contribution in [0, 0.1) is 0 Å². The summed E-state index contributed by atoms with van der Waals surface area (Å²) in [4.78, 5) is 11.8. The summed E-state index contributed by atoms with van der Waals surface area (Å²) in [5, 5.41) is 5.76. The first-order valence-electron chi connectivity index (χ1n) is 6.30. The molecule has 1 saturated heterocycles. The van der Waals surface area contributed by atoms with Gasteiger partial charge in [0.15, 0.2) is 0 Å². The predicted octanol–water partition coefficient (Wildman–Crippen LogP) is 1.60. The molecule has 1 fully saturated rings. The third-order valence-corrected chi connectivity index (χ3v) is 2.76. The van der Waals surface area contributed by atoms with Gasteiger partial charge in [0.25, 0.3) is 0 Å². The molecule has 0 aliphatic carbocycles. The number of halogens is 2. The van der Waals surface area contributed by atoms with Gasteiger partial charge in [0, 0.05) is 24.8 Å². The van der Waals surface area contributed by atoms with E-state index >= 15 is 0 Å². The Morgan fingerprint density at radius 1 is 1.55 bits per heavy atom. The summed E-state index contributed by atoms with van der Waals surface area (Å²) in [5.41, 5.74) is 0.414. The SMILES string of the molecule is O=C(CC1CNCCO1)Nc1cccc(OC(F)F)c1. The number of hydrogen-bond acceptors (Lipinski definition) is 4. The molecule has 7 heteroatoms. The lowest BCUT2D eigenvalue weighted by Crippen LogP contribution is -2.40. The number of alkyl halides is 2. The Morgan fingerprint density at radius 2 is 2.40 bits per heavy atom. The Morgan fingerprint density at radius 3 is 3.10 bits per heavy atom. The number of anilines is 1. The van der Waals surface area contributed by atoms with Crippen LogP contribution in [0.2, 0.25) is 0 Å². The van der Waals surface area contributed by atoms with E-state index in [9.17, 15) is 13.6 Å². The van der Waals surface area contributed by atoms with Gasteiger partial charge in [-0.05, 0) is 12.1 Å². The van der Waals surface area contributed by atoms with Crippen molar-refractivity contribution in [2.75, 3.05) is 25.0 Å². The van der Waals surface area contributed by atoms with E-state index in [4.69, 9.17) is 4.74 Å². The molecule has 1 aliphatic rings. The fourth-order valence-corrected chi connectivity index (χ4v) is 1.92. The average Bonchev–Trinajstić information content (AvgIpc) is 2.39. The third kappa shape index (κ3) is 4.75. The molecule has 1 heterocycles. The van der Waals surface area contributed by atoms with E-state index in [1.807, 2.05) is 0 Å². The van der Waals surface area contributed by atoms with Gasteiger partial charge in [-0.2, -0.15) is 8.78 Å². The van der Waals surface area contributed by atoms with Crippen molar-refractivity contribution in [1.82, 2.24) is 5.32 Å². The average molecular weight is 286 g/mol. The number of morpholine rings is 1. The minimum absolute atomic E-state index is 0.00776. The van der Waals surface area contributed by atoms with Crippen molar-refractivity contribution in [1.29, 1.82) is 0 Å². The fraction of sp³-hybridized carbons (Fsp3) is 0.462. The van der Waals surface area contributed by atoms with Gasteiger partial charge >= 0.3 is 6.61 Å². The van der Waals surface area contributed by atoms with Gasteiger partial charge in [-0.1, -0.05) is 6.07 Å². The second kappa shape index (κ2) is 7.16. The first-order chi connectivity index (χ1) is 9.63. The van der Waals surface area contributed by atoms with E-state index in [0.29, 0.717) is 18.8 Å². The van der Waals surface area contributed by atoms with Gasteiger partial charge in [0.05, 0.1) is 19.1 Å². The molecule has 1 aromatic carbocycles. The fourth-order valence-electron chi connectivity index (χ4n) is 1.92. The van der Waals surface area contributed by atoms with Gasteiger partial charge in [0.1, 0.15) is 5.75 Å². The second-order valence-electron chi connectivity index (χ2n) is 4.36. The quantitative estimate of drug-likeness (QED) is 0.863. The standard InChI is InChI=1S/C13H16F2N2O3/c14-13(15)20-10-3-1-2-9(6-10)17-12(18)7-11-8-16-4-5-19-11/h1-3,6,11,13,16H,4-5,7-8H2,(H,17,18). The van der Waals surface area contributed by atoms with Gasteiger partial charge < -0.3 is 20.1 Å². The summed E-state index contributed by atoms with van der Waals surface area (Å²) in [5.74, 6) is -0.221. The summed E-state index contributed by atoms with van der Waals surface area (Å²) in [6, 6.07) is 5.89. The lowest BCUT2D eigenvalue weighted by molar-refractivity contribution is -0.119. The van der Waals surface area contributed by atoms with Gasteiger partial charge in [0.2, 0.25) is 5.91 Å². The van der Waals surface area contributed by atoms with Crippen LogP contribution in [0.4, 0.5) is 14.5 Å². The molecule has 1 amide bonds. The molecule has 5 nitrogen and oxygen atoms in total. The van der Waals surface area contributed by atoms with Crippen LogP contribution in [0.25, 0.3) is 0 Å². The van der Waals surface area contributed by atoms with Crippen molar-refractivity contribution in [3.05, 3.63) is 24.3 Å². The van der Waals surface area contributed by atoms with Crippen LogP contribution in [0.3, 0.4) is 0 Å². The summed E-state index contributed by atoms with van der Waals surface area (Å²) < 4.78 is 33.9. The summed E-state index contributed by atoms with van der Waals surface area (Å²) in [7, 11) is 0. The Labute approximate surface area is 115 Å². The highest BCUT2D eigenvalue weighted by molar-refractivity contribution is 5.91. The first-order valence-corrected chi connectivity index (χ1v) is 6.30. The normalized spacial score (nSPS) is 18.9. The van der Waals surface area contributed by atoms with Crippen LogP contribution >= 0.6 is 0 Å². The molecule has 1 atom stereocenters. The van der Waals surface area contributed by atoms with Crippen LogP contribution in [0.5, 0.6) is 5.75 Å². The zero-order chi connectivity index (χ0) is 14.4. The molecule has 0 spiro atoms. The summed E-state index contributed by atoms with van der Waals surface area (Å²) >= 11 is 0. The first kappa shape index (κ1) is 14.7. The maximum Gasteiger partial charge on any atom is 0.387 e. The molecule has 20 heavy (non-hydrogen) atoms. The van der Waals surface area contributed by atoms with Crippen molar-refractivity contribution in [2.45, 2.75) is 19.1 Å². The monoisotopic (exact) mass is 286 g/mol. The molecule has 2 N–H and O–H groups in total. The molecular weight excluding hydrogens is 270 g/mol. The van der Waals surface area contributed by atoms with Gasteiger partial charge in [-0.15, -0.1) is 0 Å². The van der Waals surface area contributed by atoms with E-state index in [0.717, 1.165) is 6.54 Å². The highest BCUT2D eigenvalue weighted by Crippen LogP contribution is 2.19. The van der Waals surface area contributed by atoms with Crippen LogP contribution < -0.4 is 15.4 Å². The number of benzene rings is 1. The zero-order valence-corrected chi connectivity index (χ0v) is 10.8. The van der Waals surface area contributed by atoms with Crippen LogP contribution in [-0.4, -0.2) is 38.3 Å². The van der Waals surface area contributed by atoms with Crippen molar-refractivity contribution >= 4 is 11.6 Å². The maximum atomic E-state index is 12.1.